The molecule has 0 spiro atoms. The fourth-order valence-corrected chi connectivity index (χ4v) is 3.97. The first kappa shape index (κ1) is 19.5. The number of fused-ring (bicyclic) bond motifs is 1. The van der Waals surface area contributed by atoms with Crippen LogP contribution < -0.4 is 5.32 Å². The van der Waals surface area contributed by atoms with Crippen LogP contribution in [0.25, 0.3) is 10.8 Å². The van der Waals surface area contributed by atoms with E-state index >= 15 is 0 Å². The summed E-state index contributed by atoms with van der Waals surface area (Å²) in [7, 11) is 0. The number of anilines is 1. The van der Waals surface area contributed by atoms with Crippen molar-refractivity contribution in [1.29, 1.82) is 0 Å². The van der Waals surface area contributed by atoms with Crippen molar-refractivity contribution in [2.45, 2.75) is 25.6 Å². The van der Waals surface area contributed by atoms with Gasteiger partial charge in [-0.25, -0.2) is 0 Å². The molecule has 5 rings (SSSR count). The first-order valence-electron chi connectivity index (χ1n) is 10.6. The molecule has 154 valence electrons. The summed E-state index contributed by atoms with van der Waals surface area (Å²) < 4.78 is 5.81. The van der Waals surface area contributed by atoms with E-state index in [4.69, 9.17) is 4.74 Å². The fraction of sp³-hybridized carbons (Fsp3) is 0.185. The van der Waals surface area contributed by atoms with Crippen LogP contribution >= 0.6 is 0 Å². The molecule has 1 aliphatic carbocycles. The van der Waals surface area contributed by atoms with E-state index in [2.05, 4.69) is 46.7 Å². The Kier molecular flexibility index (Phi) is 5.46. The lowest BCUT2D eigenvalue weighted by atomic mass is 10.1. The topological polar surface area (TPSA) is 51.2 Å². The van der Waals surface area contributed by atoms with Gasteiger partial charge in [-0.15, -0.1) is 0 Å². The number of carbonyl (C=O) groups excluding carboxylic acids is 1. The molecular weight excluding hydrogens is 384 g/mol. The second-order valence-electron chi connectivity index (χ2n) is 8.10. The monoisotopic (exact) mass is 408 g/mol. The highest BCUT2D eigenvalue weighted by molar-refractivity contribution is 5.97. The zero-order valence-electron chi connectivity index (χ0n) is 17.2. The van der Waals surface area contributed by atoms with Crippen molar-refractivity contribution in [3.05, 3.63) is 108 Å². The van der Waals surface area contributed by atoms with Gasteiger partial charge in [0.2, 0.25) is 5.91 Å². The van der Waals surface area contributed by atoms with Gasteiger partial charge in [0.15, 0.2) is 0 Å². The Morgan fingerprint density at radius 1 is 0.903 bits per heavy atom. The molecule has 0 radical (unpaired) electrons. The highest BCUT2D eigenvalue weighted by Crippen LogP contribution is 2.48. The molecule has 1 saturated carbocycles. The summed E-state index contributed by atoms with van der Waals surface area (Å²) in [6.07, 6.45) is 4.49. The minimum Gasteiger partial charge on any atom is -0.372 e. The van der Waals surface area contributed by atoms with Crippen LogP contribution in [0.1, 0.15) is 29.0 Å². The van der Waals surface area contributed by atoms with Crippen LogP contribution in [-0.4, -0.2) is 10.9 Å². The first-order valence-corrected chi connectivity index (χ1v) is 10.6. The van der Waals surface area contributed by atoms with E-state index in [1.165, 1.54) is 11.1 Å². The van der Waals surface area contributed by atoms with E-state index in [-0.39, 0.29) is 11.8 Å². The summed E-state index contributed by atoms with van der Waals surface area (Å²) in [5, 5.41) is 5.21. The summed E-state index contributed by atoms with van der Waals surface area (Å²) >= 11 is 0. The number of carbonyl (C=O) groups is 1. The summed E-state index contributed by atoms with van der Waals surface area (Å²) in [6, 6.07) is 26.5. The first-order chi connectivity index (χ1) is 15.3. The second-order valence-corrected chi connectivity index (χ2v) is 8.10. The second kappa shape index (κ2) is 8.70. The Morgan fingerprint density at radius 2 is 1.68 bits per heavy atom. The Bertz CT molecular complexity index is 1190. The normalized spacial score (nSPS) is 17.4. The minimum absolute atomic E-state index is 0.0355. The molecule has 1 heterocycles. The molecule has 0 aliphatic heterocycles. The van der Waals surface area contributed by atoms with Gasteiger partial charge in [-0.3, -0.25) is 9.78 Å². The summed E-state index contributed by atoms with van der Waals surface area (Å²) in [6.45, 7) is 1.19. The molecule has 1 N–H and O–H groups in total. The Morgan fingerprint density at radius 3 is 2.48 bits per heavy atom. The third kappa shape index (κ3) is 4.65. The van der Waals surface area contributed by atoms with E-state index in [1.54, 1.807) is 6.20 Å². The summed E-state index contributed by atoms with van der Waals surface area (Å²) in [5.41, 5.74) is 4.37. The number of aromatic nitrogens is 1. The molecule has 1 fully saturated rings. The number of benzene rings is 3. The smallest absolute Gasteiger partial charge is 0.228 e. The molecule has 3 aromatic carbocycles. The number of nitrogens with zero attached hydrogens (tertiary/aromatic N) is 1. The number of ether oxygens (including phenoxy) is 1. The summed E-state index contributed by atoms with van der Waals surface area (Å²) in [5.74, 6) is 0.422. The third-order valence-corrected chi connectivity index (χ3v) is 5.82. The maximum atomic E-state index is 12.7. The van der Waals surface area contributed by atoms with Crippen molar-refractivity contribution in [3.63, 3.8) is 0 Å². The quantitative estimate of drug-likeness (QED) is 0.427. The Labute approximate surface area is 181 Å². The number of nitrogens with one attached hydrogen (secondary N) is 1. The maximum Gasteiger partial charge on any atom is 0.228 e. The molecule has 1 amide bonds. The van der Waals surface area contributed by atoms with E-state index < -0.39 is 0 Å². The molecule has 31 heavy (non-hydrogen) atoms. The van der Waals surface area contributed by atoms with Gasteiger partial charge in [-0.05, 0) is 52.6 Å². The van der Waals surface area contributed by atoms with Gasteiger partial charge in [0.1, 0.15) is 0 Å². The molecule has 0 bridgehead atoms. The Balaban J connectivity index is 1.14. The van der Waals surface area contributed by atoms with Gasteiger partial charge in [0.25, 0.3) is 0 Å². The average molecular weight is 409 g/mol. The molecule has 1 aliphatic rings. The number of hydrogen-bond acceptors (Lipinski definition) is 3. The van der Waals surface area contributed by atoms with Gasteiger partial charge >= 0.3 is 0 Å². The number of amides is 1. The van der Waals surface area contributed by atoms with Crippen LogP contribution in [0.5, 0.6) is 0 Å². The van der Waals surface area contributed by atoms with Gasteiger partial charge in [0.05, 0.1) is 13.2 Å². The molecule has 2 atom stereocenters. The number of pyridine rings is 1. The largest absolute Gasteiger partial charge is 0.372 e. The van der Waals surface area contributed by atoms with Crippen molar-refractivity contribution in [1.82, 2.24) is 4.98 Å². The van der Waals surface area contributed by atoms with E-state index in [0.29, 0.717) is 19.1 Å². The zero-order chi connectivity index (χ0) is 21.0. The fourth-order valence-electron chi connectivity index (χ4n) is 3.97. The molecule has 0 saturated heterocycles. The average Bonchev–Trinajstić information content (AvgIpc) is 3.61. The lowest BCUT2D eigenvalue weighted by Gasteiger charge is -2.08. The van der Waals surface area contributed by atoms with E-state index in [1.807, 2.05) is 48.7 Å². The van der Waals surface area contributed by atoms with Gasteiger partial charge in [-0.2, -0.15) is 0 Å². The van der Waals surface area contributed by atoms with Gasteiger partial charge < -0.3 is 10.1 Å². The lowest BCUT2D eigenvalue weighted by Crippen LogP contribution is -2.14. The lowest BCUT2D eigenvalue weighted by molar-refractivity contribution is -0.117. The van der Waals surface area contributed by atoms with Crippen LogP contribution in [-0.2, 0) is 22.7 Å². The number of rotatable bonds is 7. The summed E-state index contributed by atoms with van der Waals surface area (Å²) in [4.78, 5) is 16.8. The highest BCUT2D eigenvalue weighted by atomic mass is 16.5. The molecule has 4 aromatic rings. The van der Waals surface area contributed by atoms with Crippen molar-refractivity contribution in [3.8, 4) is 0 Å². The zero-order valence-corrected chi connectivity index (χ0v) is 17.2. The minimum atomic E-state index is 0.0355. The maximum absolute atomic E-state index is 12.7. The molecule has 4 nitrogen and oxygen atoms in total. The molecule has 2 unspecified atom stereocenters. The van der Waals surface area contributed by atoms with Crippen LogP contribution in [0.2, 0.25) is 0 Å². The van der Waals surface area contributed by atoms with Crippen LogP contribution in [0.4, 0.5) is 5.69 Å². The predicted octanol–water partition coefficient (Wildman–Crippen LogP) is 5.69. The van der Waals surface area contributed by atoms with Crippen molar-refractivity contribution >= 4 is 22.4 Å². The standard InChI is InChI=1S/C27H24N2O2/c30-27(29-24-11-10-23-16-28-13-12-22(23)14-24)26-15-25(26)21-8-6-20(7-9-21)18-31-17-19-4-2-1-3-5-19/h1-14,16,25-26H,15,17-18H2,(H,29,30). The van der Waals surface area contributed by atoms with Crippen molar-refractivity contribution < 1.29 is 9.53 Å². The SMILES string of the molecule is O=C(Nc1ccc2cnccc2c1)C1CC1c1ccc(COCc2ccccc2)cc1. The predicted molar refractivity (Wildman–Crippen MR) is 123 cm³/mol. The van der Waals surface area contributed by atoms with Crippen molar-refractivity contribution in [2.24, 2.45) is 5.92 Å². The molecule has 1 aromatic heterocycles. The highest BCUT2D eigenvalue weighted by Gasteiger charge is 2.43. The molecular formula is C27H24N2O2. The number of hydrogen-bond donors (Lipinski definition) is 1. The van der Waals surface area contributed by atoms with Crippen LogP contribution in [0.3, 0.4) is 0 Å². The van der Waals surface area contributed by atoms with Gasteiger partial charge in [-0.1, -0.05) is 60.7 Å². The van der Waals surface area contributed by atoms with Crippen molar-refractivity contribution in [2.75, 3.05) is 5.32 Å². The third-order valence-electron chi connectivity index (χ3n) is 5.82. The van der Waals surface area contributed by atoms with Gasteiger partial charge in [0, 0.05) is 29.4 Å². The molecule has 4 heteroatoms. The van der Waals surface area contributed by atoms with Crippen LogP contribution in [0, 0.1) is 5.92 Å². The van der Waals surface area contributed by atoms with E-state index in [9.17, 15) is 4.79 Å². The Hall–Kier alpha value is -3.50. The van der Waals surface area contributed by atoms with Crippen LogP contribution in [0.15, 0.2) is 91.3 Å². The van der Waals surface area contributed by atoms with E-state index in [0.717, 1.165) is 28.4 Å².